The first kappa shape index (κ1) is 13.1. The Kier molecular flexibility index (Phi) is 6.42. The van der Waals surface area contributed by atoms with Gasteiger partial charge in [-0.1, -0.05) is 22.0 Å². The van der Waals surface area contributed by atoms with Crippen molar-refractivity contribution in [2.45, 2.75) is 19.4 Å². The Balaban J connectivity index is 2.33. The Morgan fingerprint density at radius 3 is 2.87 bits per heavy atom. The van der Waals surface area contributed by atoms with Crippen LogP contribution in [0.25, 0.3) is 0 Å². The largest absolute Gasteiger partial charge is 0.396 e. The minimum absolute atomic E-state index is 0.245. The first-order valence-electron chi connectivity index (χ1n) is 4.96. The van der Waals surface area contributed by atoms with Gasteiger partial charge in [-0.25, -0.2) is 0 Å². The topological polar surface area (TPSA) is 29.5 Å². The minimum atomic E-state index is 0.245. The zero-order valence-corrected chi connectivity index (χ0v) is 11.3. The fourth-order valence-electron chi connectivity index (χ4n) is 1.20. The molecular weight excluding hydrogens is 275 g/mol. The summed E-state index contributed by atoms with van der Waals surface area (Å²) < 4.78 is 6.58. The summed E-state index contributed by atoms with van der Waals surface area (Å²) in [5.74, 6) is 0. The van der Waals surface area contributed by atoms with Crippen LogP contribution in [-0.2, 0) is 11.3 Å². The smallest absolute Gasteiger partial charge is 0.0723 e. The molecular formula is C11H16BrO2P. The Labute approximate surface area is 101 Å². The summed E-state index contributed by atoms with van der Waals surface area (Å²) in [6, 6.07) is 6.12. The predicted molar refractivity (Wildman–Crippen MR) is 69.5 cm³/mol. The van der Waals surface area contributed by atoms with Gasteiger partial charge < -0.3 is 9.84 Å². The van der Waals surface area contributed by atoms with Crippen LogP contribution in [0.1, 0.15) is 18.4 Å². The van der Waals surface area contributed by atoms with E-state index in [1.54, 1.807) is 0 Å². The molecule has 84 valence electrons. The molecule has 1 unspecified atom stereocenters. The normalized spacial score (nSPS) is 10.6. The summed E-state index contributed by atoms with van der Waals surface area (Å²) in [5.41, 5.74) is 1.18. The van der Waals surface area contributed by atoms with Crippen LogP contribution in [0, 0.1) is 0 Å². The third kappa shape index (κ3) is 5.07. The molecule has 2 nitrogen and oxygen atoms in total. The van der Waals surface area contributed by atoms with Crippen LogP contribution < -0.4 is 5.30 Å². The van der Waals surface area contributed by atoms with Gasteiger partial charge in [-0.3, -0.25) is 0 Å². The molecule has 1 atom stereocenters. The van der Waals surface area contributed by atoms with Crippen LogP contribution in [0.3, 0.4) is 0 Å². The van der Waals surface area contributed by atoms with Gasteiger partial charge in [0.15, 0.2) is 0 Å². The van der Waals surface area contributed by atoms with Gasteiger partial charge in [0.2, 0.25) is 0 Å². The van der Waals surface area contributed by atoms with Gasteiger partial charge in [0.25, 0.3) is 0 Å². The standard InChI is InChI=1S/C11H16BrO2P/c12-10-3-4-11(15)9(7-10)8-14-6-2-1-5-13/h3-4,7,13H,1-2,5-6,8,15H2. The molecule has 1 N–H and O–H groups in total. The number of hydrogen-bond acceptors (Lipinski definition) is 2. The molecule has 0 amide bonds. The Morgan fingerprint density at radius 2 is 2.13 bits per heavy atom. The molecule has 0 heterocycles. The molecule has 1 aromatic rings. The molecule has 1 aromatic carbocycles. The number of rotatable bonds is 6. The summed E-state index contributed by atoms with van der Waals surface area (Å²) in [7, 11) is 2.70. The fraction of sp³-hybridized carbons (Fsp3) is 0.455. The van der Waals surface area contributed by atoms with Crippen LogP contribution in [-0.4, -0.2) is 18.3 Å². The molecule has 0 saturated carbocycles. The van der Waals surface area contributed by atoms with Crippen molar-refractivity contribution in [1.29, 1.82) is 0 Å². The number of hydrogen-bond donors (Lipinski definition) is 1. The highest BCUT2D eigenvalue weighted by Gasteiger charge is 1.99. The predicted octanol–water partition coefficient (Wildman–Crippen LogP) is 2.24. The first-order chi connectivity index (χ1) is 7.24. The number of aliphatic hydroxyl groups excluding tert-OH is 1. The molecule has 0 aliphatic heterocycles. The summed E-state index contributed by atoms with van der Waals surface area (Å²) in [5, 5.41) is 9.77. The van der Waals surface area contributed by atoms with Crippen molar-refractivity contribution in [2.75, 3.05) is 13.2 Å². The van der Waals surface area contributed by atoms with Gasteiger partial charge in [0.1, 0.15) is 0 Å². The zero-order valence-electron chi connectivity index (χ0n) is 8.58. The van der Waals surface area contributed by atoms with Crippen LogP contribution in [0.5, 0.6) is 0 Å². The van der Waals surface area contributed by atoms with Crippen LogP contribution in [0.4, 0.5) is 0 Å². The third-order valence-corrected chi connectivity index (χ3v) is 3.12. The highest BCUT2D eigenvalue weighted by Crippen LogP contribution is 2.13. The average Bonchev–Trinajstić information content (AvgIpc) is 2.23. The SMILES string of the molecule is OCCCCOCc1cc(Br)ccc1P. The van der Waals surface area contributed by atoms with Gasteiger partial charge in [0.05, 0.1) is 6.61 Å². The van der Waals surface area contributed by atoms with Gasteiger partial charge in [-0.15, -0.1) is 9.24 Å². The number of benzene rings is 1. The molecule has 0 fully saturated rings. The highest BCUT2D eigenvalue weighted by molar-refractivity contribution is 9.10. The van der Waals surface area contributed by atoms with Crippen LogP contribution >= 0.6 is 25.2 Å². The van der Waals surface area contributed by atoms with E-state index in [2.05, 4.69) is 31.2 Å². The molecule has 0 saturated heterocycles. The van der Waals surface area contributed by atoms with E-state index in [1.807, 2.05) is 12.1 Å². The molecule has 15 heavy (non-hydrogen) atoms. The van der Waals surface area contributed by atoms with Crippen molar-refractivity contribution in [3.05, 3.63) is 28.2 Å². The zero-order chi connectivity index (χ0) is 11.1. The quantitative estimate of drug-likeness (QED) is 0.643. The van der Waals surface area contributed by atoms with E-state index in [4.69, 9.17) is 9.84 Å². The van der Waals surface area contributed by atoms with E-state index in [1.165, 1.54) is 10.9 Å². The van der Waals surface area contributed by atoms with Gasteiger partial charge in [-0.2, -0.15) is 0 Å². The van der Waals surface area contributed by atoms with Crippen molar-refractivity contribution in [2.24, 2.45) is 0 Å². The van der Waals surface area contributed by atoms with Crippen LogP contribution in [0.2, 0.25) is 0 Å². The molecule has 0 aliphatic carbocycles. The van der Waals surface area contributed by atoms with E-state index < -0.39 is 0 Å². The lowest BCUT2D eigenvalue weighted by Crippen LogP contribution is -2.05. The lowest BCUT2D eigenvalue weighted by atomic mass is 10.2. The second kappa shape index (κ2) is 7.34. The Hall–Kier alpha value is 0.0500. The monoisotopic (exact) mass is 290 g/mol. The Morgan fingerprint density at radius 1 is 1.33 bits per heavy atom. The lowest BCUT2D eigenvalue weighted by Gasteiger charge is -2.07. The average molecular weight is 291 g/mol. The summed E-state index contributed by atoms with van der Waals surface area (Å²) >= 11 is 3.43. The van der Waals surface area contributed by atoms with Crippen LogP contribution in [0.15, 0.2) is 22.7 Å². The van der Waals surface area contributed by atoms with Crippen molar-refractivity contribution >= 4 is 30.5 Å². The second-order valence-electron chi connectivity index (χ2n) is 3.33. The van der Waals surface area contributed by atoms with E-state index in [9.17, 15) is 0 Å². The van der Waals surface area contributed by atoms with Crippen molar-refractivity contribution < 1.29 is 9.84 Å². The summed E-state index contributed by atoms with van der Waals surface area (Å²) in [6.45, 7) is 1.58. The number of halogens is 1. The number of aliphatic hydroxyl groups is 1. The summed E-state index contributed by atoms with van der Waals surface area (Å²) in [6.07, 6.45) is 1.73. The molecule has 0 bridgehead atoms. The molecule has 0 spiro atoms. The van der Waals surface area contributed by atoms with Crippen molar-refractivity contribution in [3.63, 3.8) is 0 Å². The van der Waals surface area contributed by atoms with Gasteiger partial charge in [-0.05, 0) is 35.8 Å². The van der Waals surface area contributed by atoms with Crippen molar-refractivity contribution in [3.8, 4) is 0 Å². The molecule has 0 aromatic heterocycles. The number of unbranched alkanes of at least 4 members (excludes halogenated alkanes) is 1. The second-order valence-corrected chi connectivity index (χ2v) is 4.86. The maximum absolute atomic E-state index is 8.60. The summed E-state index contributed by atoms with van der Waals surface area (Å²) in [4.78, 5) is 0. The van der Waals surface area contributed by atoms with E-state index in [0.29, 0.717) is 13.2 Å². The molecule has 4 heteroatoms. The van der Waals surface area contributed by atoms with Gasteiger partial charge >= 0.3 is 0 Å². The molecule has 0 radical (unpaired) electrons. The van der Waals surface area contributed by atoms with E-state index in [-0.39, 0.29) is 6.61 Å². The maximum atomic E-state index is 8.60. The first-order valence-corrected chi connectivity index (χ1v) is 6.33. The Bertz CT molecular complexity index is 305. The minimum Gasteiger partial charge on any atom is -0.396 e. The molecule has 1 rings (SSSR count). The molecule has 0 aliphatic rings. The maximum Gasteiger partial charge on any atom is 0.0723 e. The van der Waals surface area contributed by atoms with E-state index >= 15 is 0 Å². The van der Waals surface area contributed by atoms with E-state index in [0.717, 1.165) is 17.3 Å². The lowest BCUT2D eigenvalue weighted by molar-refractivity contribution is 0.113. The highest BCUT2D eigenvalue weighted by atomic mass is 79.9. The third-order valence-electron chi connectivity index (χ3n) is 2.06. The van der Waals surface area contributed by atoms with Crippen molar-refractivity contribution in [1.82, 2.24) is 0 Å². The van der Waals surface area contributed by atoms with Gasteiger partial charge in [0, 0.05) is 17.7 Å². The fourth-order valence-corrected chi connectivity index (χ4v) is 1.87. The number of ether oxygens (including phenoxy) is 1.